The molecule has 1 aromatic heterocycles. The first-order chi connectivity index (χ1) is 7.70. The van der Waals surface area contributed by atoms with Crippen LogP contribution in [0.4, 0.5) is 5.82 Å². The zero-order valence-electron chi connectivity index (χ0n) is 8.97. The summed E-state index contributed by atoms with van der Waals surface area (Å²) < 4.78 is 9.73. The third kappa shape index (κ3) is 2.13. The molecule has 16 heavy (non-hydrogen) atoms. The van der Waals surface area contributed by atoms with Crippen molar-refractivity contribution in [1.82, 2.24) is 15.6 Å². The highest BCUT2D eigenvalue weighted by Gasteiger charge is 2.32. The Labute approximate surface area is 92.3 Å². The number of nitrogens with one attached hydrogen (secondary N) is 1. The van der Waals surface area contributed by atoms with E-state index in [1.54, 1.807) is 0 Å². The van der Waals surface area contributed by atoms with E-state index in [-0.39, 0.29) is 29.6 Å². The van der Waals surface area contributed by atoms with Crippen molar-refractivity contribution in [1.29, 1.82) is 0 Å². The second-order valence-corrected chi connectivity index (χ2v) is 3.72. The lowest BCUT2D eigenvalue weighted by Gasteiger charge is -2.35. The number of carbonyl (C=O) groups excluding carboxylic acids is 1. The molecule has 88 valence electrons. The average Bonchev–Trinajstić information content (AvgIpc) is 2.61. The van der Waals surface area contributed by atoms with Gasteiger partial charge in [0.15, 0.2) is 0 Å². The van der Waals surface area contributed by atoms with Crippen molar-refractivity contribution in [3.8, 4) is 0 Å². The number of hydrogen-bond donors (Lipinski definition) is 2. The molecule has 0 spiro atoms. The minimum absolute atomic E-state index is 0.0122. The molecule has 1 saturated carbocycles. The summed E-state index contributed by atoms with van der Waals surface area (Å²) in [7, 11) is 0. The summed E-state index contributed by atoms with van der Waals surface area (Å²) in [6, 6.07) is 0.125. The van der Waals surface area contributed by atoms with Gasteiger partial charge >= 0.3 is 0 Å². The van der Waals surface area contributed by atoms with Gasteiger partial charge in [0.2, 0.25) is 11.5 Å². The van der Waals surface area contributed by atoms with Crippen LogP contribution >= 0.6 is 0 Å². The van der Waals surface area contributed by atoms with Gasteiger partial charge in [0.1, 0.15) is 0 Å². The van der Waals surface area contributed by atoms with E-state index in [0.29, 0.717) is 6.61 Å². The van der Waals surface area contributed by atoms with Gasteiger partial charge in [-0.05, 0) is 30.1 Å². The van der Waals surface area contributed by atoms with Crippen molar-refractivity contribution in [3.05, 3.63) is 5.69 Å². The van der Waals surface area contributed by atoms with Crippen LogP contribution in [0.25, 0.3) is 0 Å². The number of rotatable bonds is 4. The van der Waals surface area contributed by atoms with Crippen LogP contribution < -0.4 is 11.1 Å². The first-order valence-corrected chi connectivity index (χ1v) is 5.21. The molecule has 1 amide bonds. The number of aromatic nitrogens is 2. The molecule has 0 aromatic carbocycles. The molecule has 1 fully saturated rings. The highest BCUT2D eigenvalue weighted by atomic mass is 16.6. The number of ether oxygens (including phenoxy) is 1. The van der Waals surface area contributed by atoms with Gasteiger partial charge in [-0.1, -0.05) is 0 Å². The highest BCUT2D eigenvalue weighted by molar-refractivity contribution is 5.96. The first-order valence-electron chi connectivity index (χ1n) is 5.21. The molecule has 0 saturated heterocycles. The first kappa shape index (κ1) is 10.9. The highest BCUT2D eigenvalue weighted by Crippen LogP contribution is 2.23. The Balaban J connectivity index is 1.80. The minimum atomic E-state index is -0.348. The van der Waals surface area contributed by atoms with Gasteiger partial charge in [-0.25, -0.2) is 4.63 Å². The van der Waals surface area contributed by atoms with Gasteiger partial charge in [-0.3, -0.25) is 4.79 Å². The Kier molecular flexibility index (Phi) is 3.04. The fourth-order valence-corrected chi connectivity index (χ4v) is 1.66. The molecule has 7 heteroatoms. The van der Waals surface area contributed by atoms with Crippen LogP contribution in [-0.4, -0.2) is 35.0 Å². The summed E-state index contributed by atoms with van der Waals surface area (Å²) in [5.41, 5.74) is 5.44. The molecule has 0 radical (unpaired) electrons. The van der Waals surface area contributed by atoms with Crippen molar-refractivity contribution in [2.24, 2.45) is 0 Å². The van der Waals surface area contributed by atoms with Crippen LogP contribution in [0.5, 0.6) is 0 Å². The molecule has 1 aromatic rings. The number of hydrogen-bond acceptors (Lipinski definition) is 6. The molecule has 3 N–H and O–H groups in total. The van der Waals surface area contributed by atoms with Gasteiger partial charge in [-0.2, -0.15) is 0 Å². The van der Waals surface area contributed by atoms with Crippen LogP contribution in [0.3, 0.4) is 0 Å². The van der Waals surface area contributed by atoms with Gasteiger partial charge in [-0.15, -0.1) is 0 Å². The standard InChI is InChI=1S/C9H14N4O3/c1-2-15-6-3-5(4-6)11-9(14)7-8(10)13-16-12-7/h5-6H,2-4H2,1H3,(H2,10,13)(H,11,14). The zero-order valence-corrected chi connectivity index (χ0v) is 8.97. The van der Waals surface area contributed by atoms with Gasteiger partial charge in [0.25, 0.3) is 5.91 Å². The minimum Gasteiger partial charge on any atom is -0.379 e. The summed E-state index contributed by atoms with van der Waals surface area (Å²) in [5, 5.41) is 9.55. The summed E-state index contributed by atoms with van der Waals surface area (Å²) in [4.78, 5) is 11.6. The Morgan fingerprint density at radius 3 is 2.94 bits per heavy atom. The van der Waals surface area contributed by atoms with E-state index >= 15 is 0 Å². The molecule has 7 nitrogen and oxygen atoms in total. The molecular weight excluding hydrogens is 212 g/mol. The summed E-state index contributed by atoms with van der Waals surface area (Å²) >= 11 is 0. The molecule has 0 unspecified atom stereocenters. The third-order valence-electron chi connectivity index (χ3n) is 2.56. The molecule has 1 heterocycles. The normalized spacial score (nSPS) is 23.8. The average molecular weight is 226 g/mol. The number of amides is 1. The van der Waals surface area contributed by atoms with E-state index in [1.165, 1.54) is 0 Å². The maximum Gasteiger partial charge on any atom is 0.277 e. The second kappa shape index (κ2) is 4.48. The van der Waals surface area contributed by atoms with Gasteiger partial charge in [0.05, 0.1) is 6.10 Å². The van der Waals surface area contributed by atoms with E-state index in [4.69, 9.17) is 10.5 Å². The van der Waals surface area contributed by atoms with Gasteiger partial charge in [0, 0.05) is 12.6 Å². The SMILES string of the molecule is CCOC1CC(NC(=O)c2nonc2N)C1. The number of anilines is 1. The second-order valence-electron chi connectivity index (χ2n) is 3.72. The molecule has 0 aliphatic heterocycles. The van der Waals surface area contributed by atoms with Crippen LogP contribution in [-0.2, 0) is 4.74 Å². The fourth-order valence-electron chi connectivity index (χ4n) is 1.66. The molecule has 1 aliphatic carbocycles. The largest absolute Gasteiger partial charge is 0.379 e. The molecule has 2 rings (SSSR count). The quantitative estimate of drug-likeness (QED) is 0.746. The predicted molar refractivity (Wildman–Crippen MR) is 54.6 cm³/mol. The van der Waals surface area contributed by atoms with Crippen molar-refractivity contribution >= 4 is 11.7 Å². The monoisotopic (exact) mass is 226 g/mol. The van der Waals surface area contributed by atoms with Crippen molar-refractivity contribution in [3.63, 3.8) is 0 Å². The van der Waals surface area contributed by atoms with E-state index in [9.17, 15) is 4.79 Å². The molecule has 1 aliphatic rings. The lowest BCUT2D eigenvalue weighted by atomic mass is 9.89. The topological polar surface area (TPSA) is 103 Å². The van der Waals surface area contributed by atoms with Crippen molar-refractivity contribution in [2.45, 2.75) is 31.9 Å². The van der Waals surface area contributed by atoms with E-state index in [0.717, 1.165) is 12.8 Å². The van der Waals surface area contributed by atoms with E-state index in [1.807, 2.05) is 6.92 Å². The van der Waals surface area contributed by atoms with E-state index in [2.05, 4.69) is 20.3 Å². The Morgan fingerprint density at radius 2 is 2.38 bits per heavy atom. The van der Waals surface area contributed by atoms with Gasteiger partial charge < -0.3 is 15.8 Å². The van der Waals surface area contributed by atoms with Crippen LogP contribution in [0.2, 0.25) is 0 Å². The Morgan fingerprint density at radius 1 is 1.62 bits per heavy atom. The maximum absolute atomic E-state index is 11.6. The van der Waals surface area contributed by atoms with Crippen molar-refractivity contribution < 1.29 is 14.2 Å². The van der Waals surface area contributed by atoms with Crippen LogP contribution in [0.15, 0.2) is 4.63 Å². The van der Waals surface area contributed by atoms with Crippen LogP contribution in [0, 0.1) is 0 Å². The summed E-state index contributed by atoms with van der Waals surface area (Å²) in [6.07, 6.45) is 1.90. The smallest absolute Gasteiger partial charge is 0.277 e. The fraction of sp³-hybridized carbons (Fsp3) is 0.667. The lowest BCUT2D eigenvalue weighted by Crippen LogP contribution is -2.48. The number of nitrogens with two attached hydrogens (primary N) is 1. The lowest BCUT2D eigenvalue weighted by molar-refractivity contribution is -0.00868. The Bertz CT molecular complexity index is 373. The number of nitrogen functional groups attached to an aromatic ring is 1. The number of nitrogens with zero attached hydrogens (tertiary/aromatic N) is 2. The van der Waals surface area contributed by atoms with Crippen LogP contribution in [0.1, 0.15) is 30.3 Å². The Hall–Kier alpha value is -1.63. The number of carbonyl (C=O) groups is 1. The predicted octanol–water partition coefficient (Wildman–Crippen LogP) is -0.0509. The summed E-state index contributed by atoms with van der Waals surface area (Å²) in [6.45, 7) is 2.65. The van der Waals surface area contributed by atoms with E-state index < -0.39 is 0 Å². The molecule has 0 atom stereocenters. The van der Waals surface area contributed by atoms with Crippen molar-refractivity contribution in [2.75, 3.05) is 12.3 Å². The maximum atomic E-state index is 11.6. The molecule has 0 bridgehead atoms. The third-order valence-corrected chi connectivity index (χ3v) is 2.56. The zero-order chi connectivity index (χ0) is 11.5. The summed E-state index contributed by atoms with van der Waals surface area (Å²) in [5.74, 6) is -0.336. The molecular formula is C9H14N4O3.